The average molecular weight is 461 g/mol. The number of pyridine rings is 1. The predicted molar refractivity (Wildman–Crippen MR) is 140 cm³/mol. The van der Waals surface area contributed by atoms with E-state index in [2.05, 4.69) is 57.6 Å². The molecule has 5 heteroatoms. The molecule has 3 aromatic rings. The van der Waals surface area contributed by atoms with Gasteiger partial charge in [0.15, 0.2) is 0 Å². The molecule has 3 heterocycles. The average Bonchev–Trinajstić information content (AvgIpc) is 3.53. The maximum atomic E-state index is 12.9. The first-order valence-corrected chi connectivity index (χ1v) is 12.1. The molecular weight excluding hydrogens is 423 g/mol. The Morgan fingerprint density at radius 2 is 1.88 bits per heavy atom. The lowest BCUT2D eigenvalue weighted by atomic mass is 10.1. The van der Waals surface area contributed by atoms with Crippen LogP contribution < -0.4 is 0 Å². The molecule has 0 unspecified atom stereocenters. The highest BCUT2D eigenvalue weighted by molar-refractivity contribution is 5.64. The van der Waals surface area contributed by atoms with E-state index in [1.807, 2.05) is 27.0 Å². The van der Waals surface area contributed by atoms with Crippen molar-refractivity contribution in [1.82, 2.24) is 20.1 Å². The van der Waals surface area contributed by atoms with Gasteiger partial charge in [-0.3, -0.25) is 10.1 Å². The summed E-state index contributed by atoms with van der Waals surface area (Å²) in [6, 6.07) is 10.5. The van der Waals surface area contributed by atoms with Crippen LogP contribution >= 0.6 is 0 Å². The van der Waals surface area contributed by atoms with Gasteiger partial charge in [-0.1, -0.05) is 44.4 Å². The Morgan fingerprint density at radius 1 is 1.12 bits per heavy atom. The predicted octanol–water partition coefficient (Wildman–Crippen LogP) is 6.43. The molecule has 180 valence electrons. The Labute approximate surface area is 204 Å². The molecule has 1 fully saturated rings. The van der Waals surface area contributed by atoms with E-state index in [-0.39, 0.29) is 5.82 Å². The van der Waals surface area contributed by atoms with Crippen molar-refractivity contribution in [2.75, 3.05) is 19.6 Å². The van der Waals surface area contributed by atoms with E-state index in [0.29, 0.717) is 5.56 Å². The van der Waals surface area contributed by atoms with E-state index in [1.54, 1.807) is 18.3 Å². The Morgan fingerprint density at radius 3 is 2.53 bits per heavy atom. The first kappa shape index (κ1) is 27.0. The maximum absolute atomic E-state index is 12.9. The number of aryl methyl sites for hydroxylation is 2. The molecule has 0 amide bonds. The van der Waals surface area contributed by atoms with Gasteiger partial charge in [0.25, 0.3) is 0 Å². The minimum Gasteiger partial charge on any atom is -0.303 e. The van der Waals surface area contributed by atoms with E-state index >= 15 is 0 Å². The maximum Gasteiger partial charge on any atom is 0.124 e. The third-order valence-electron chi connectivity index (χ3n) is 5.31. The molecule has 0 bridgehead atoms. The number of aromatic nitrogens is 3. The third kappa shape index (κ3) is 9.33. The van der Waals surface area contributed by atoms with Crippen molar-refractivity contribution >= 4 is 5.57 Å². The van der Waals surface area contributed by atoms with Crippen LogP contribution in [0.5, 0.6) is 0 Å². The summed E-state index contributed by atoms with van der Waals surface area (Å²) in [4.78, 5) is 6.99. The van der Waals surface area contributed by atoms with E-state index in [4.69, 9.17) is 0 Å². The highest BCUT2D eigenvalue weighted by Crippen LogP contribution is 2.13. The lowest BCUT2D eigenvalue weighted by molar-refractivity contribution is 0.333. The van der Waals surface area contributed by atoms with Crippen molar-refractivity contribution in [2.24, 2.45) is 0 Å². The molecule has 1 aromatic carbocycles. The second-order valence-corrected chi connectivity index (χ2v) is 8.18. The standard InChI is InChI=1S/C14H11FN2.C13H20N2.C2H6/c1-10(2)14-12(9-16-17-14)7-6-11-4-3-5-13(15)8-11;1-12-6-7-13(14-11-12)5-4-10-15-8-2-3-9-15;1-2/h3-5,8-9H,1H2,2H3,(H,16,17);6-7,11H,2-5,8-10H2,1H3;1-2H3. The summed E-state index contributed by atoms with van der Waals surface area (Å²) in [5.41, 5.74) is 5.57. The molecule has 0 spiro atoms. The monoisotopic (exact) mass is 460 g/mol. The minimum atomic E-state index is -0.288. The third-order valence-corrected chi connectivity index (χ3v) is 5.31. The van der Waals surface area contributed by atoms with Gasteiger partial charge in [-0.25, -0.2) is 4.39 Å². The topological polar surface area (TPSA) is 44.8 Å². The number of likely N-dealkylation sites (tertiary alicyclic amines) is 1. The van der Waals surface area contributed by atoms with Crippen molar-refractivity contribution in [3.05, 3.63) is 89.3 Å². The zero-order chi connectivity index (χ0) is 24.8. The molecular formula is C29H37FN4. The molecule has 4 rings (SSSR count). The number of hydrogen-bond donors (Lipinski definition) is 1. The van der Waals surface area contributed by atoms with Crippen LogP contribution in [0.15, 0.2) is 55.4 Å². The van der Waals surface area contributed by atoms with E-state index < -0.39 is 0 Å². The van der Waals surface area contributed by atoms with Gasteiger partial charge in [-0.15, -0.1) is 0 Å². The molecule has 0 radical (unpaired) electrons. The van der Waals surface area contributed by atoms with E-state index in [1.165, 1.54) is 62.3 Å². The van der Waals surface area contributed by atoms with Crippen molar-refractivity contribution < 1.29 is 4.39 Å². The van der Waals surface area contributed by atoms with Crippen LogP contribution in [0.4, 0.5) is 4.39 Å². The molecule has 0 aliphatic carbocycles. The highest BCUT2D eigenvalue weighted by atomic mass is 19.1. The fourth-order valence-electron chi connectivity index (χ4n) is 3.55. The Bertz CT molecular complexity index is 1070. The van der Waals surface area contributed by atoms with Gasteiger partial charge in [0, 0.05) is 17.5 Å². The van der Waals surface area contributed by atoms with Crippen LogP contribution in [0.2, 0.25) is 0 Å². The van der Waals surface area contributed by atoms with E-state index in [0.717, 1.165) is 23.3 Å². The zero-order valence-electron chi connectivity index (χ0n) is 21.0. The van der Waals surface area contributed by atoms with Gasteiger partial charge >= 0.3 is 0 Å². The van der Waals surface area contributed by atoms with Gasteiger partial charge < -0.3 is 4.90 Å². The van der Waals surface area contributed by atoms with Gasteiger partial charge in [0.2, 0.25) is 0 Å². The largest absolute Gasteiger partial charge is 0.303 e. The van der Waals surface area contributed by atoms with Crippen LogP contribution in [-0.4, -0.2) is 39.7 Å². The summed E-state index contributed by atoms with van der Waals surface area (Å²) >= 11 is 0. The van der Waals surface area contributed by atoms with Gasteiger partial charge in [-0.05, 0) is 94.6 Å². The molecule has 2 aromatic heterocycles. The SMILES string of the molecule is C=C(C)c1[nH]ncc1C#Cc1cccc(F)c1.CC.Cc1ccc(CCCN2CCCC2)nc1. The molecule has 0 saturated carbocycles. The van der Waals surface area contributed by atoms with Crippen molar-refractivity contribution in [1.29, 1.82) is 0 Å². The van der Waals surface area contributed by atoms with Gasteiger partial charge in [0.1, 0.15) is 5.82 Å². The number of nitrogens with zero attached hydrogens (tertiary/aromatic N) is 3. The normalized spacial score (nSPS) is 12.5. The number of aromatic amines is 1. The molecule has 1 N–H and O–H groups in total. The van der Waals surface area contributed by atoms with Crippen molar-refractivity contribution in [3.8, 4) is 11.8 Å². The number of H-pyrrole nitrogens is 1. The lowest BCUT2D eigenvalue weighted by Gasteiger charge is -2.13. The number of hydrogen-bond acceptors (Lipinski definition) is 3. The quantitative estimate of drug-likeness (QED) is 0.447. The lowest BCUT2D eigenvalue weighted by Crippen LogP contribution is -2.20. The first-order chi connectivity index (χ1) is 16.5. The van der Waals surface area contributed by atoms with Crippen LogP contribution in [0.3, 0.4) is 0 Å². The number of halogens is 1. The molecule has 1 aliphatic heterocycles. The number of nitrogens with one attached hydrogen (secondary N) is 1. The molecule has 4 nitrogen and oxygen atoms in total. The number of benzene rings is 1. The Balaban J connectivity index is 0.000000225. The smallest absolute Gasteiger partial charge is 0.124 e. The minimum absolute atomic E-state index is 0.288. The number of rotatable bonds is 5. The Kier molecular flexibility index (Phi) is 11.8. The van der Waals surface area contributed by atoms with Crippen molar-refractivity contribution in [2.45, 2.75) is 53.4 Å². The summed E-state index contributed by atoms with van der Waals surface area (Å²) in [6.45, 7) is 15.6. The number of allylic oxidation sites excluding steroid dienone is 1. The summed E-state index contributed by atoms with van der Waals surface area (Å²) in [5, 5.41) is 6.74. The fraction of sp³-hybridized carbons (Fsp3) is 0.379. The summed E-state index contributed by atoms with van der Waals surface area (Å²) in [7, 11) is 0. The molecule has 0 atom stereocenters. The van der Waals surface area contributed by atoms with Crippen LogP contribution in [0.25, 0.3) is 5.57 Å². The van der Waals surface area contributed by atoms with Gasteiger partial charge in [0.05, 0.1) is 17.5 Å². The van der Waals surface area contributed by atoms with Crippen LogP contribution in [0, 0.1) is 24.6 Å². The fourth-order valence-corrected chi connectivity index (χ4v) is 3.55. The zero-order valence-corrected chi connectivity index (χ0v) is 21.0. The van der Waals surface area contributed by atoms with Crippen LogP contribution in [-0.2, 0) is 6.42 Å². The van der Waals surface area contributed by atoms with Crippen LogP contribution in [0.1, 0.15) is 68.1 Å². The highest BCUT2D eigenvalue weighted by Gasteiger charge is 2.10. The molecule has 1 saturated heterocycles. The first-order valence-electron chi connectivity index (χ1n) is 12.1. The summed E-state index contributed by atoms with van der Waals surface area (Å²) in [5.74, 6) is 5.55. The van der Waals surface area contributed by atoms with Crippen molar-refractivity contribution in [3.63, 3.8) is 0 Å². The second kappa shape index (κ2) is 14.8. The second-order valence-electron chi connectivity index (χ2n) is 8.18. The van der Waals surface area contributed by atoms with Gasteiger partial charge in [-0.2, -0.15) is 5.10 Å². The summed E-state index contributed by atoms with van der Waals surface area (Å²) < 4.78 is 12.9. The summed E-state index contributed by atoms with van der Waals surface area (Å²) in [6.07, 6.45) is 8.75. The Hall–Kier alpha value is -3.23. The molecule has 34 heavy (non-hydrogen) atoms. The van der Waals surface area contributed by atoms with E-state index in [9.17, 15) is 4.39 Å². The molecule has 1 aliphatic rings.